The Morgan fingerprint density at radius 3 is 2.70 bits per heavy atom. The van der Waals surface area contributed by atoms with Crippen LogP contribution < -0.4 is 16.4 Å². The summed E-state index contributed by atoms with van der Waals surface area (Å²) in [5.74, 6) is -0.746. The Balaban J connectivity index is 2.15. The molecule has 7 heteroatoms. The van der Waals surface area contributed by atoms with Crippen molar-refractivity contribution in [2.75, 3.05) is 18.4 Å². The van der Waals surface area contributed by atoms with Gasteiger partial charge in [-0.05, 0) is 12.1 Å². The van der Waals surface area contributed by atoms with E-state index in [-0.39, 0.29) is 11.6 Å². The molecule has 0 saturated carbocycles. The van der Waals surface area contributed by atoms with Crippen molar-refractivity contribution in [3.05, 3.63) is 47.9 Å². The van der Waals surface area contributed by atoms with E-state index in [0.717, 1.165) is 0 Å². The second kappa shape index (κ2) is 6.48. The number of amides is 2. The van der Waals surface area contributed by atoms with E-state index in [9.17, 15) is 9.59 Å². The van der Waals surface area contributed by atoms with Crippen molar-refractivity contribution in [1.29, 1.82) is 0 Å². The van der Waals surface area contributed by atoms with Gasteiger partial charge in [-0.25, -0.2) is 0 Å². The van der Waals surface area contributed by atoms with Crippen LogP contribution in [0.1, 0.15) is 20.8 Å². The molecule has 0 aliphatic heterocycles. The molecule has 0 atom stereocenters. The van der Waals surface area contributed by atoms with Crippen LogP contribution >= 0.6 is 0 Å². The van der Waals surface area contributed by atoms with Crippen molar-refractivity contribution in [2.45, 2.75) is 0 Å². The number of para-hydroxylation sites is 1. The summed E-state index contributed by atoms with van der Waals surface area (Å²) in [6, 6.07) is 8.12. The fraction of sp³-hybridized carbons (Fsp3) is 0.154. The minimum absolute atomic E-state index is 0.141. The minimum Gasteiger partial charge on any atom is -0.364 e. The molecule has 20 heavy (non-hydrogen) atoms. The number of hydrogen-bond acceptors (Lipinski definition) is 5. The van der Waals surface area contributed by atoms with Gasteiger partial charge in [-0.1, -0.05) is 17.3 Å². The molecule has 0 radical (unpaired) electrons. The molecule has 2 aromatic rings. The number of carbonyl (C=O) groups is 2. The van der Waals surface area contributed by atoms with E-state index in [4.69, 9.17) is 5.73 Å². The quantitative estimate of drug-likeness (QED) is 0.740. The first kappa shape index (κ1) is 13.8. The number of nitrogens with one attached hydrogen (secondary N) is 2. The molecule has 0 bridgehead atoms. The van der Waals surface area contributed by atoms with E-state index >= 15 is 0 Å². The largest absolute Gasteiger partial charge is 0.364 e. The molecule has 1 aromatic heterocycles. The lowest BCUT2D eigenvalue weighted by Crippen LogP contribution is -2.30. The average Bonchev–Trinajstić information content (AvgIpc) is 2.99. The molecule has 0 aliphatic carbocycles. The number of carbonyl (C=O) groups excluding carboxylic acids is 2. The lowest BCUT2D eigenvalue weighted by molar-refractivity contribution is 0.0955. The van der Waals surface area contributed by atoms with Crippen LogP contribution in [0.5, 0.6) is 0 Å². The van der Waals surface area contributed by atoms with Gasteiger partial charge in [0.05, 0.1) is 11.3 Å². The van der Waals surface area contributed by atoms with Gasteiger partial charge in [0.15, 0.2) is 5.69 Å². The van der Waals surface area contributed by atoms with Crippen molar-refractivity contribution in [2.24, 2.45) is 5.73 Å². The van der Waals surface area contributed by atoms with Gasteiger partial charge < -0.3 is 20.9 Å². The molecular formula is C13H14N4O3. The number of nitrogens with two attached hydrogens (primary N) is 1. The highest BCUT2D eigenvalue weighted by atomic mass is 16.5. The molecule has 1 heterocycles. The van der Waals surface area contributed by atoms with E-state index in [0.29, 0.717) is 24.3 Å². The molecule has 0 fully saturated rings. The summed E-state index contributed by atoms with van der Waals surface area (Å²) in [6.45, 7) is 0.712. The first-order chi connectivity index (χ1) is 9.72. The maximum Gasteiger partial charge on any atom is 0.277 e. The number of aromatic nitrogens is 1. The molecule has 4 N–H and O–H groups in total. The van der Waals surface area contributed by atoms with Crippen LogP contribution in [0.2, 0.25) is 0 Å². The fourth-order valence-electron chi connectivity index (χ4n) is 1.59. The Morgan fingerprint density at radius 2 is 2.00 bits per heavy atom. The molecule has 0 aliphatic rings. The number of anilines is 1. The predicted octanol–water partition coefficient (Wildman–Crippen LogP) is 0.615. The first-order valence-electron chi connectivity index (χ1n) is 6.01. The Bertz CT molecular complexity index is 595. The standard InChI is InChI=1S/C13H14N4O3/c14-6-7-15-12(18)9-3-1-2-4-10(9)16-13(19)11-5-8-20-17-11/h1-5,8H,6-7,14H2,(H,15,18)(H,16,19). The molecule has 0 unspecified atom stereocenters. The van der Waals surface area contributed by atoms with E-state index in [1.807, 2.05) is 0 Å². The Hall–Kier alpha value is -2.67. The van der Waals surface area contributed by atoms with Crippen molar-refractivity contribution >= 4 is 17.5 Å². The van der Waals surface area contributed by atoms with Gasteiger partial charge in [-0.3, -0.25) is 9.59 Å². The first-order valence-corrected chi connectivity index (χ1v) is 6.01. The van der Waals surface area contributed by atoms with E-state index in [2.05, 4.69) is 20.3 Å². The van der Waals surface area contributed by atoms with Crippen molar-refractivity contribution in [1.82, 2.24) is 10.5 Å². The summed E-state index contributed by atoms with van der Waals surface area (Å²) >= 11 is 0. The lowest BCUT2D eigenvalue weighted by Gasteiger charge is -2.10. The lowest BCUT2D eigenvalue weighted by atomic mass is 10.1. The Kier molecular flexibility index (Phi) is 4.46. The zero-order valence-corrected chi connectivity index (χ0v) is 10.6. The molecule has 2 amide bonds. The number of benzene rings is 1. The molecule has 7 nitrogen and oxygen atoms in total. The highest BCUT2D eigenvalue weighted by Crippen LogP contribution is 2.15. The van der Waals surface area contributed by atoms with Gasteiger partial charge in [0.2, 0.25) is 0 Å². The minimum atomic E-state index is -0.446. The maximum absolute atomic E-state index is 11.9. The van der Waals surface area contributed by atoms with Crippen LogP contribution in [0.15, 0.2) is 41.1 Å². The normalized spacial score (nSPS) is 10.1. The third-order valence-corrected chi connectivity index (χ3v) is 2.52. The SMILES string of the molecule is NCCNC(=O)c1ccccc1NC(=O)c1ccon1. The predicted molar refractivity (Wildman–Crippen MR) is 72.3 cm³/mol. The third-order valence-electron chi connectivity index (χ3n) is 2.52. The van der Waals surface area contributed by atoms with Crippen LogP contribution in [0.4, 0.5) is 5.69 Å². The highest BCUT2D eigenvalue weighted by molar-refractivity contribution is 6.08. The van der Waals surface area contributed by atoms with E-state index in [1.165, 1.54) is 12.3 Å². The van der Waals surface area contributed by atoms with E-state index in [1.54, 1.807) is 24.3 Å². The molecule has 0 saturated heterocycles. The van der Waals surface area contributed by atoms with Gasteiger partial charge in [0.25, 0.3) is 11.8 Å². The fourth-order valence-corrected chi connectivity index (χ4v) is 1.59. The summed E-state index contributed by atoms with van der Waals surface area (Å²) < 4.78 is 4.60. The van der Waals surface area contributed by atoms with Crippen LogP contribution in [0, 0.1) is 0 Å². The summed E-state index contributed by atoms with van der Waals surface area (Å²) in [7, 11) is 0. The molecule has 0 spiro atoms. The smallest absolute Gasteiger partial charge is 0.277 e. The summed E-state index contributed by atoms with van der Waals surface area (Å²) in [5.41, 5.74) is 6.23. The van der Waals surface area contributed by atoms with Gasteiger partial charge >= 0.3 is 0 Å². The van der Waals surface area contributed by atoms with Crippen molar-refractivity contribution < 1.29 is 14.1 Å². The number of nitrogens with zero attached hydrogens (tertiary/aromatic N) is 1. The van der Waals surface area contributed by atoms with Gasteiger partial charge in [-0.2, -0.15) is 0 Å². The summed E-state index contributed by atoms with van der Waals surface area (Å²) in [5, 5.41) is 8.80. The van der Waals surface area contributed by atoms with Gasteiger partial charge in [0, 0.05) is 19.2 Å². The topological polar surface area (TPSA) is 110 Å². The molecule has 2 rings (SSSR count). The molecular weight excluding hydrogens is 260 g/mol. The monoisotopic (exact) mass is 274 g/mol. The highest BCUT2D eigenvalue weighted by Gasteiger charge is 2.14. The van der Waals surface area contributed by atoms with Crippen LogP contribution in [-0.4, -0.2) is 30.1 Å². The summed E-state index contributed by atoms with van der Waals surface area (Å²) in [6.07, 6.45) is 1.30. The second-order valence-corrected chi connectivity index (χ2v) is 3.93. The van der Waals surface area contributed by atoms with Crippen LogP contribution in [-0.2, 0) is 0 Å². The average molecular weight is 274 g/mol. The van der Waals surface area contributed by atoms with Crippen LogP contribution in [0.3, 0.4) is 0 Å². The second-order valence-electron chi connectivity index (χ2n) is 3.93. The van der Waals surface area contributed by atoms with Crippen LogP contribution in [0.25, 0.3) is 0 Å². The summed E-state index contributed by atoms with van der Waals surface area (Å²) in [4.78, 5) is 23.8. The maximum atomic E-state index is 11.9. The molecule has 104 valence electrons. The zero-order chi connectivity index (χ0) is 14.4. The van der Waals surface area contributed by atoms with Gasteiger partial charge in [-0.15, -0.1) is 0 Å². The number of rotatable bonds is 5. The van der Waals surface area contributed by atoms with Gasteiger partial charge in [0.1, 0.15) is 6.26 Å². The third kappa shape index (κ3) is 3.21. The Labute approximate surface area is 115 Å². The van der Waals surface area contributed by atoms with Crippen molar-refractivity contribution in [3.63, 3.8) is 0 Å². The zero-order valence-electron chi connectivity index (χ0n) is 10.6. The number of hydrogen-bond donors (Lipinski definition) is 3. The molecule has 1 aromatic carbocycles. The Morgan fingerprint density at radius 1 is 1.20 bits per heavy atom. The van der Waals surface area contributed by atoms with E-state index < -0.39 is 5.91 Å². The van der Waals surface area contributed by atoms with Crippen molar-refractivity contribution in [3.8, 4) is 0 Å².